The third-order valence-corrected chi connectivity index (χ3v) is 5.17. The van der Waals surface area contributed by atoms with E-state index in [1.54, 1.807) is 12.4 Å². The summed E-state index contributed by atoms with van der Waals surface area (Å²) in [5, 5.41) is 0. The van der Waals surface area contributed by atoms with Crippen molar-refractivity contribution in [3.05, 3.63) is 121 Å². The number of hydrogen-bond donors (Lipinski definition) is 0. The largest absolute Gasteiger partial charge is 0.339 e. The molecule has 0 saturated heterocycles. The third kappa shape index (κ3) is 4.05. The van der Waals surface area contributed by atoms with Crippen molar-refractivity contribution in [3.63, 3.8) is 0 Å². The third-order valence-electron chi connectivity index (χ3n) is 5.17. The molecule has 0 amide bonds. The molecular weight excluding hydrogens is 583 g/mol. The van der Waals surface area contributed by atoms with Gasteiger partial charge in [0.1, 0.15) is 0 Å². The summed E-state index contributed by atoms with van der Waals surface area (Å²) in [6.07, 6.45) is 3.41. The van der Waals surface area contributed by atoms with Gasteiger partial charge in [-0.3, -0.25) is 13.8 Å². The SMILES string of the molecule is Fc1c[c-]c(-c2nccn2-c2c(-c3ccccc3)cccc2-c2ccccc2)c(F)c1.[Ir]. The fourth-order valence-electron chi connectivity index (χ4n) is 3.79. The van der Waals surface area contributed by atoms with Gasteiger partial charge >= 0.3 is 0 Å². The Bertz CT molecular complexity index is 1290. The summed E-state index contributed by atoms with van der Waals surface area (Å²) in [7, 11) is 0. The molecule has 1 aromatic heterocycles. The van der Waals surface area contributed by atoms with Crippen molar-refractivity contribution in [2.24, 2.45) is 0 Å². The number of imidazole rings is 1. The number of rotatable bonds is 4. The van der Waals surface area contributed by atoms with Crippen molar-refractivity contribution in [2.45, 2.75) is 0 Å². The van der Waals surface area contributed by atoms with E-state index in [0.717, 1.165) is 40.1 Å². The van der Waals surface area contributed by atoms with Gasteiger partial charge in [-0.25, -0.2) is 0 Å². The summed E-state index contributed by atoms with van der Waals surface area (Å²) in [6, 6.07) is 30.8. The van der Waals surface area contributed by atoms with Crippen LogP contribution in [0.15, 0.2) is 103 Å². The summed E-state index contributed by atoms with van der Waals surface area (Å²) in [4.78, 5) is 4.39. The summed E-state index contributed by atoms with van der Waals surface area (Å²) in [5.74, 6) is -1.02. The van der Waals surface area contributed by atoms with Crippen LogP contribution in [0, 0.1) is 17.7 Å². The minimum absolute atomic E-state index is 0. The van der Waals surface area contributed by atoms with E-state index in [-0.39, 0.29) is 25.7 Å². The van der Waals surface area contributed by atoms with Crippen molar-refractivity contribution in [3.8, 4) is 39.3 Å². The summed E-state index contributed by atoms with van der Waals surface area (Å²) in [6.45, 7) is 0. The Morgan fingerprint density at radius 1 is 0.750 bits per heavy atom. The maximum absolute atomic E-state index is 14.6. The van der Waals surface area contributed by atoms with Crippen LogP contribution in [0.4, 0.5) is 8.78 Å². The van der Waals surface area contributed by atoms with Crippen LogP contribution in [-0.2, 0) is 20.1 Å². The van der Waals surface area contributed by atoms with E-state index in [2.05, 4.69) is 11.1 Å². The van der Waals surface area contributed by atoms with Crippen molar-refractivity contribution in [1.29, 1.82) is 0 Å². The van der Waals surface area contributed by atoms with Crippen LogP contribution in [0.3, 0.4) is 0 Å². The molecule has 1 radical (unpaired) electrons. The predicted molar refractivity (Wildman–Crippen MR) is 119 cm³/mol. The van der Waals surface area contributed by atoms with Gasteiger partial charge in [0.2, 0.25) is 0 Å². The second kappa shape index (κ2) is 9.39. The van der Waals surface area contributed by atoms with Crippen LogP contribution >= 0.6 is 0 Å². The van der Waals surface area contributed by atoms with Gasteiger partial charge < -0.3 is 4.57 Å². The van der Waals surface area contributed by atoms with Crippen LogP contribution in [0.5, 0.6) is 0 Å². The average molecular weight is 600 g/mol. The Morgan fingerprint density at radius 2 is 1.34 bits per heavy atom. The standard InChI is InChI=1S/C27H17F2N2.Ir/c28-21-14-15-24(25(29)18-21)27-30-16-17-31(27)26-22(19-8-3-1-4-9-19)12-7-13-23(26)20-10-5-2-6-11-20;/h1-14,16-18H;/q-1;. The minimum atomic E-state index is -0.703. The fraction of sp³-hybridized carbons (Fsp3) is 0. The van der Waals surface area contributed by atoms with Gasteiger partial charge in [-0.15, -0.1) is 12.1 Å². The van der Waals surface area contributed by atoms with Crippen molar-refractivity contribution < 1.29 is 28.9 Å². The molecule has 5 aromatic rings. The Labute approximate surface area is 198 Å². The molecule has 0 bridgehead atoms. The molecule has 5 heteroatoms. The molecule has 0 spiro atoms. The van der Waals surface area contributed by atoms with Crippen LogP contribution in [0.1, 0.15) is 0 Å². The maximum Gasteiger partial charge on any atom is 0.0630 e. The Kier molecular flexibility index (Phi) is 6.40. The van der Waals surface area contributed by atoms with Gasteiger partial charge in [0.05, 0.1) is 11.5 Å². The van der Waals surface area contributed by atoms with E-state index >= 15 is 0 Å². The number of benzene rings is 4. The topological polar surface area (TPSA) is 17.8 Å². The van der Waals surface area contributed by atoms with Crippen LogP contribution < -0.4 is 0 Å². The first-order valence-corrected chi connectivity index (χ1v) is 9.87. The molecule has 0 aliphatic heterocycles. The van der Waals surface area contributed by atoms with E-state index in [0.29, 0.717) is 5.82 Å². The molecular formula is C27H17F2IrN2-. The molecule has 0 unspecified atom stereocenters. The number of aromatic nitrogens is 2. The molecule has 0 saturated carbocycles. The van der Waals surface area contributed by atoms with E-state index in [1.165, 1.54) is 0 Å². The molecule has 159 valence electrons. The Hall–Kier alpha value is -3.40. The molecule has 2 nitrogen and oxygen atoms in total. The molecule has 32 heavy (non-hydrogen) atoms. The first-order chi connectivity index (χ1) is 15.2. The Morgan fingerprint density at radius 3 is 1.91 bits per heavy atom. The van der Waals surface area contributed by atoms with E-state index in [9.17, 15) is 8.78 Å². The monoisotopic (exact) mass is 600 g/mol. The van der Waals surface area contributed by atoms with Crippen LogP contribution in [-0.4, -0.2) is 9.55 Å². The van der Waals surface area contributed by atoms with E-state index < -0.39 is 11.6 Å². The van der Waals surface area contributed by atoms with Gasteiger partial charge in [-0.05, 0) is 11.1 Å². The van der Waals surface area contributed by atoms with Crippen LogP contribution in [0.25, 0.3) is 39.3 Å². The van der Waals surface area contributed by atoms with Gasteiger partial charge in [0.25, 0.3) is 0 Å². The smallest absolute Gasteiger partial charge is 0.0630 e. The maximum atomic E-state index is 14.6. The average Bonchev–Trinajstić information content (AvgIpc) is 3.29. The minimum Gasteiger partial charge on any atom is -0.339 e. The van der Waals surface area contributed by atoms with Crippen molar-refractivity contribution in [1.82, 2.24) is 9.55 Å². The number of para-hydroxylation sites is 1. The van der Waals surface area contributed by atoms with Gasteiger partial charge in [0.15, 0.2) is 0 Å². The van der Waals surface area contributed by atoms with Crippen molar-refractivity contribution >= 4 is 0 Å². The van der Waals surface area contributed by atoms with Gasteiger partial charge in [0, 0.05) is 55.3 Å². The Balaban J connectivity index is 0.00000245. The summed E-state index contributed by atoms with van der Waals surface area (Å²) >= 11 is 0. The molecule has 0 atom stereocenters. The quantitative estimate of drug-likeness (QED) is 0.205. The zero-order chi connectivity index (χ0) is 21.2. The molecule has 1 heterocycles. The fourth-order valence-corrected chi connectivity index (χ4v) is 3.79. The second-order valence-corrected chi connectivity index (χ2v) is 7.10. The number of hydrogen-bond acceptors (Lipinski definition) is 1. The van der Waals surface area contributed by atoms with Gasteiger partial charge in [-0.2, -0.15) is 0 Å². The van der Waals surface area contributed by atoms with E-state index in [4.69, 9.17) is 0 Å². The first kappa shape index (κ1) is 21.8. The number of nitrogens with zero attached hydrogens (tertiary/aromatic N) is 2. The second-order valence-electron chi connectivity index (χ2n) is 7.10. The summed E-state index contributed by atoms with van der Waals surface area (Å²) in [5.41, 5.74) is 4.99. The molecule has 0 N–H and O–H groups in total. The predicted octanol–water partition coefficient (Wildman–Crippen LogP) is 6.95. The normalized spacial score (nSPS) is 10.6. The zero-order valence-electron chi connectivity index (χ0n) is 16.8. The van der Waals surface area contributed by atoms with Crippen molar-refractivity contribution in [2.75, 3.05) is 0 Å². The molecule has 5 rings (SSSR count). The molecule has 0 aliphatic carbocycles. The number of halogens is 2. The molecule has 0 fully saturated rings. The van der Waals surface area contributed by atoms with E-state index in [1.807, 2.05) is 83.4 Å². The van der Waals surface area contributed by atoms with Crippen LogP contribution in [0.2, 0.25) is 0 Å². The van der Waals surface area contributed by atoms with Gasteiger partial charge in [-0.1, -0.05) is 90.5 Å². The zero-order valence-corrected chi connectivity index (χ0v) is 19.2. The molecule has 4 aromatic carbocycles. The first-order valence-electron chi connectivity index (χ1n) is 9.87. The molecule has 0 aliphatic rings. The summed E-state index contributed by atoms with van der Waals surface area (Å²) < 4.78 is 30.0.